The molecule has 1 aliphatic heterocycles. The number of ether oxygens (including phenoxy) is 2. The molecule has 31 heavy (non-hydrogen) atoms. The summed E-state index contributed by atoms with van der Waals surface area (Å²) in [5.74, 6) is 1.16. The fourth-order valence-corrected chi connectivity index (χ4v) is 4.20. The topological polar surface area (TPSA) is 38.8 Å². The normalized spacial score (nSPS) is 14.7. The van der Waals surface area contributed by atoms with Crippen molar-refractivity contribution in [3.05, 3.63) is 98.1 Å². The van der Waals surface area contributed by atoms with Gasteiger partial charge >= 0.3 is 0 Å². The van der Waals surface area contributed by atoms with E-state index in [9.17, 15) is 4.79 Å². The first kappa shape index (κ1) is 21.5. The molecule has 0 N–H and O–H groups in total. The van der Waals surface area contributed by atoms with Gasteiger partial charge in [0.15, 0.2) is 11.5 Å². The van der Waals surface area contributed by atoms with Gasteiger partial charge in [-0.1, -0.05) is 41.9 Å². The third-order valence-corrected chi connectivity index (χ3v) is 6.11. The van der Waals surface area contributed by atoms with Crippen LogP contribution in [0.1, 0.15) is 11.1 Å². The van der Waals surface area contributed by atoms with E-state index in [4.69, 9.17) is 21.1 Å². The predicted octanol–water partition coefficient (Wildman–Crippen LogP) is 6.43. The van der Waals surface area contributed by atoms with Crippen LogP contribution in [-0.2, 0) is 4.79 Å². The Kier molecular flexibility index (Phi) is 6.34. The predicted molar refractivity (Wildman–Crippen MR) is 134 cm³/mol. The summed E-state index contributed by atoms with van der Waals surface area (Å²) < 4.78 is 11.7. The van der Waals surface area contributed by atoms with Crippen LogP contribution in [0, 0.1) is 3.57 Å². The molecule has 0 aliphatic carbocycles. The maximum atomic E-state index is 13.5. The van der Waals surface area contributed by atoms with E-state index in [0.717, 1.165) is 26.1 Å². The third kappa shape index (κ3) is 4.34. The summed E-state index contributed by atoms with van der Waals surface area (Å²) >= 11 is 8.33. The average molecular weight is 544 g/mol. The molecule has 3 aromatic rings. The molecule has 3 aromatic carbocycles. The second kappa shape index (κ2) is 9.16. The third-order valence-electron chi connectivity index (χ3n) is 4.95. The Bertz CT molecular complexity index is 1200. The summed E-state index contributed by atoms with van der Waals surface area (Å²) in [7, 11) is 3.18. The van der Waals surface area contributed by atoms with E-state index in [1.165, 1.54) is 0 Å². The van der Waals surface area contributed by atoms with Crippen molar-refractivity contribution in [1.82, 2.24) is 0 Å². The Hall–Kier alpha value is -2.77. The number of nitrogens with zero attached hydrogens (tertiary/aromatic N) is 1. The van der Waals surface area contributed by atoms with E-state index < -0.39 is 0 Å². The van der Waals surface area contributed by atoms with Gasteiger partial charge in [-0.25, -0.2) is 0 Å². The van der Waals surface area contributed by atoms with Crippen molar-refractivity contribution in [2.75, 3.05) is 19.1 Å². The van der Waals surface area contributed by atoms with Gasteiger partial charge in [-0.3, -0.25) is 9.69 Å². The second-order valence-electron chi connectivity index (χ2n) is 6.84. The summed E-state index contributed by atoms with van der Waals surface area (Å²) in [6.45, 7) is 0. The molecular formula is C25H19ClINO3. The zero-order valence-electron chi connectivity index (χ0n) is 16.9. The maximum absolute atomic E-state index is 13.5. The van der Waals surface area contributed by atoms with Crippen LogP contribution in [0.3, 0.4) is 0 Å². The molecule has 1 amide bonds. The first-order valence-electron chi connectivity index (χ1n) is 9.52. The van der Waals surface area contributed by atoms with E-state index in [1.807, 2.05) is 78.9 Å². The molecule has 1 aliphatic rings. The number of amides is 1. The van der Waals surface area contributed by atoms with Gasteiger partial charge in [-0.15, -0.1) is 0 Å². The quantitative estimate of drug-likeness (QED) is 0.275. The zero-order chi connectivity index (χ0) is 22.0. The van der Waals surface area contributed by atoms with Crippen molar-refractivity contribution in [2.45, 2.75) is 0 Å². The number of rotatable bonds is 5. The van der Waals surface area contributed by atoms with Gasteiger partial charge in [0.05, 0.1) is 25.6 Å². The van der Waals surface area contributed by atoms with Gasteiger partial charge < -0.3 is 9.47 Å². The molecule has 0 fully saturated rings. The molecule has 1 heterocycles. The average Bonchev–Trinajstić information content (AvgIpc) is 3.10. The van der Waals surface area contributed by atoms with Crippen LogP contribution in [0.2, 0.25) is 5.02 Å². The van der Waals surface area contributed by atoms with Crippen LogP contribution in [0.25, 0.3) is 11.8 Å². The fraction of sp³-hybridized carbons (Fsp3) is 0.0800. The van der Waals surface area contributed by atoms with E-state index in [0.29, 0.717) is 22.1 Å². The molecule has 0 bridgehead atoms. The molecule has 0 spiro atoms. The molecule has 0 atom stereocenters. The number of carbonyl (C=O) groups is 1. The highest BCUT2D eigenvalue weighted by Gasteiger charge is 2.31. The van der Waals surface area contributed by atoms with Crippen molar-refractivity contribution >= 4 is 57.6 Å². The molecule has 6 heteroatoms. The van der Waals surface area contributed by atoms with Gasteiger partial charge in [0.25, 0.3) is 5.91 Å². The summed E-state index contributed by atoms with van der Waals surface area (Å²) in [5.41, 5.74) is 3.98. The van der Waals surface area contributed by atoms with Crippen LogP contribution in [0.5, 0.6) is 11.5 Å². The lowest BCUT2D eigenvalue weighted by Crippen LogP contribution is -2.25. The molecule has 4 rings (SSSR count). The lowest BCUT2D eigenvalue weighted by Gasteiger charge is -2.22. The van der Waals surface area contributed by atoms with Crippen molar-refractivity contribution in [2.24, 2.45) is 0 Å². The molecule has 4 nitrogen and oxygen atoms in total. The Morgan fingerprint density at radius 3 is 2.32 bits per heavy atom. The Labute approximate surface area is 199 Å². The smallest absolute Gasteiger partial charge is 0.262 e. The second-order valence-corrected chi connectivity index (χ2v) is 8.44. The number of benzene rings is 3. The minimum absolute atomic E-state index is 0.0937. The molecule has 0 saturated heterocycles. The first-order chi connectivity index (χ1) is 15.0. The van der Waals surface area contributed by atoms with Gasteiger partial charge in [-0.05, 0) is 82.3 Å². The zero-order valence-corrected chi connectivity index (χ0v) is 19.8. The number of hydrogen-bond donors (Lipinski definition) is 0. The van der Waals surface area contributed by atoms with E-state index in [-0.39, 0.29) is 5.91 Å². The van der Waals surface area contributed by atoms with Gasteiger partial charge in [0.2, 0.25) is 0 Å². The number of carbonyl (C=O) groups excluding carboxylic acids is 1. The highest BCUT2D eigenvalue weighted by molar-refractivity contribution is 14.1. The molecule has 0 radical (unpaired) electrons. The molecule has 0 aromatic heterocycles. The number of methoxy groups -OCH3 is 2. The van der Waals surface area contributed by atoms with Gasteiger partial charge in [-0.2, -0.15) is 0 Å². The Morgan fingerprint density at radius 2 is 1.65 bits per heavy atom. The Morgan fingerprint density at radius 1 is 0.935 bits per heavy atom. The van der Waals surface area contributed by atoms with Crippen molar-refractivity contribution < 1.29 is 14.3 Å². The summed E-state index contributed by atoms with van der Waals surface area (Å²) in [5, 5.41) is 0.649. The minimum Gasteiger partial charge on any atom is -0.493 e. The van der Waals surface area contributed by atoms with Crippen LogP contribution in [0.15, 0.2) is 78.4 Å². The number of hydrogen-bond acceptors (Lipinski definition) is 3. The van der Waals surface area contributed by atoms with Gasteiger partial charge in [0, 0.05) is 14.2 Å². The van der Waals surface area contributed by atoms with Gasteiger partial charge in [0.1, 0.15) is 0 Å². The molecular weight excluding hydrogens is 525 g/mol. The lowest BCUT2D eigenvalue weighted by molar-refractivity contribution is -0.113. The maximum Gasteiger partial charge on any atom is 0.262 e. The van der Waals surface area contributed by atoms with Crippen molar-refractivity contribution in [3.63, 3.8) is 0 Å². The van der Waals surface area contributed by atoms with E-state index in [2.05, 4.69) is 22.6 Å². The van der Waals surface area contributed by atoms with Crippen LogP contribution < -0.4 is 14.4 Å². The summed E-state index contributed by atoms with van der Waals surface area (Å²) in [6.07, 6.45) is 3.77. The molecule has 0 saturated carbocycles. The van der Waals surface area contributed by atoms with Crippen LogP contribution >= 0.6 is 34.2 Å². The number of halogens is 2. The van der Waals surface area contributed by atoms with Crippen LogP contribution in [0.4, 0.5) is 5.69 Å². The molecule has 0 unspecified atom stereocenters. The summed E-state index contributed by atoms with van der Waals surface area (Å²) in [4.78, 5) is 15.3. The van der Waals surface area contributed by atoms with Crippen LogP contribution in [-0.4, -0.2) is 20.1 Å². The monoisotopic (exact) mass is 543 g/mol. The van der Waals surface area contributed by atoms with E-state index >= 15 is 0 Å². The van der Waals surface area contributed by atoms with E-state index in [1.54, 1.807) is 19.1 Å². The summed E-state index contributed by atoms with van der Waals surface area (Å²) in [6, 6.07) is 20.9. The first-order valence-corrected chi connectivity index (χ1v) is 11.0. The SMILES string of the molecule is COc1ccc(/C=C2\C=C(c3ccc(Cl)cc3)N(c3ccccc3I)C2=O)cc1OC. The van der Waals surface area contributed by atoms with Crippen molar-refractivity contribution in [1.29, 1.82) is 0 Å². The number of anilines is 1. The highest BCUT2D eigenvalue weighted by Crippen LogP contribution is 2.38. The number of para-hydroxylation sites is 1. The Balaban J connectivity index is 1.82. The highest BCUT2D eigenvalue weighted by atomic mass is 127. The lowest BCUT2D eigenvalue weighted by atomic mass is 10.1. The van der Waals surface area contributed by atoms with Crippen molar-refractivity contribution in [3.8, 4) is 11.5 Å². The standard InChI is InChI=1S/C25H19ClINO3/c1-30-23-12-7-16(14-24(23)31-2)13-18-15-22(17-8-10-19(26)11-9-17)28(25(18)29)21-6-4-3-5-20(21)27/h3-15H,1-2H3/b18-13+. The largest absolute Gasteiger partial charge is 0.493 e. The minimum atomic E-state index is -0.0937. The molecule has 156 valence electrons. The fourth-order valence-electron chi connectivity index (χ4n) is 3.44.